The summed E-state index contributed by atoms with van der Waals surface area (Å²) in [5.41, 5.74) is 2.24. The number of alkyl halides is 1. The number of likely N-dealkylation sites (N-methyl/N-ethyl adjacent to an activating group) is 1. The van der Waals surface area contributed by atoms with Gasteiger partial charge in [-0.05, 0) is 25.0 Å². The normalized spacial score (nSPS) is 29.2. The number of hydrogen-bond donors (Lipinski definition) is 0. The van der Waals surface area contributed by atoms with Gasteiger partial charge in [0.1, 0.15) is 4.87 Å². The van der Waals surface area contributed by atoms with Crippen LogP contribution in [-0.4, -0.2) is 28.8 Å². The Morgan fingerprint density at radius 2 is 2.00 bits per heavy atom. The number of nitrogens with zero attached hydrogens (tertiary/aromatic N) is 1. The molecule has 0 bridgehead atoms. The fourth-order valence-corrected chi connectivity index (χ4v) is 2.95. The first kappa shape index (κ1) is 12.2. The van der Waals surface area contributed by atoms with Crippen molar-refractivity contribution in [1.82, 2.24) is 4.90 Å². The van der Waals surface area contributed by atoms with Crippen molar-refractivity contribution in [2.75, 3.05) is 7.05 Å². The van der Waals surface area contributed by atoms with Crippen LogP contribution in [-0.2, 0) is 4.79 Å². The zero-order chi connectivity index (χ0) is 12.6. The average molecular weight is 250 g/mol. The number of hydrogen-bond acceptors (Lipinski definition) is 1. The Labute approximate surface area is 107 Å². The van der Waals surface area contributed by atoms with E-state index in [0.29, 0.717) is 0 Å². The third kappa shape index (κ3) is 1.98. The summed E-state index contributed by atoms with van der Waals surface area (Å²) in [6.45, 7) is 3.80. The number of β-lactam (4-membered cyclic amide) rings is 1. The molecule has 0 saturated carbocycles. The highest BCUT2D eigenvalue weighted by atomic mass is 35.5. The summed E-state index contributed by atoms with van der Waals surface area (Å²) in [6.07, 6.45) is 2.08. The Morgan fingerprint density at radius 1 is 1.41 bits per heavy atom. The maximum absolute atomic E-state index is 11.6. The summed E-state index contributed by atoms with van der Waals surface area (Å²) in [7, 11) is 1.79. The van der Waals surface area contributed by atoms with E-state index in [9.17, 15) is 4.79 Å². The van der Waals surface area contributed by atoms with E-state index < -0.39 is 4.87 Å². The van der Waals surface area contributed by atoms with Gasteiger partial charge in [0.25, 0.3) is 0 Å². The predicted octanol–water partition coefficient (Wildman–Crippen LogP) is 2.93. The molecule has 1 aliphatic rings. The molecule has 2 atom stereocenters. The first-order valence-corrected chi connectivity index (χ1v) is 6.02. The van der Waals surface area contributed by atoms with Crippen LogP contribution in [0.1, 0.15) is 19.4 Å². The van der Waals surface area contributed by atoms with Gasteiger partial charge in [-0.2, -0.15) is 0 Å². The average Bonchev–Trinajstić information content (AvgIpc) is 2.29. The van der Waals surface area contributed by atoms with Crippen LogP contribution in [0.4, 0.5) is 0 Å². The summed E-state index contributed by atoms with van der Waals surface area (Å²) in [4.78, 5) is 12.5. The Morgan fingerprint density at radius 3 is 2.53 bits per heavy atom. The molecule has 0 N–H and O–H groups in total. The van der Waals surface area contributed by atoms with Gasteiger partial charge >= 0.3 is 0 Å². The van der Waals surface area contributed by atoms with Gasteiger partial charge in [0.15, 0.2) is 0 Å². The number of likely N-dealkylation sites (tertiary alicyclic amines) is 1. The van der Waals surface area contributed by atoms with E-state index in [0.717, 1.165) is 11.1 Å². The quantitative estimate of drug-likeness (QED) is 0.583. The van der Waals surface area contributed by atoms with Crippen molar-refractivity contribution in [3.8, 4) is 0 Å². The summed E-state index contributed by atoms with van der Waals surface area (Å²) < 4.78 is 0. The molecular weight excluding hydrogens is 234 g/mol. The minimum atomic E-state index is -0.788. The minimum absolute atomic E-state index is 0.00928. The number of amides is 1. The molecule has 17 heavy (non-hydrogen) atoms. The van der Waals surface area contributed by atoms with Gasteiger partial charge in [0, 0.05) is 7.05 Å². The highest BCUT2D eigenvalue weighted by molar-refractivity contribution is 6.38. The zero-order valence-corrected chi connectivity index (χ0v) is 11.0. The molecule has 1 fully saturated rings. The molecule has 3 heteroatoms. The zero-order valence-electron chi connectivity index (χ0n) is 10.3. The van der Waals surface area contributed by atoms with E-state index in [4.69, 9.17) is 11.6 Å². The third-order valence-electron chi connectivity index (χ3n) is 3.26. The fraction of sp³-hybridized carbons (Fsp3) is 0.357. The first-order valence-electron chi connectivity index (χ1n) is 5.64. The molecule has 1 aromatic carbocycles. The van der Waals surface area contributed by atoms with E-state index in [2.05, 4.69) is 6.08 Å². The molecule has 2 rings (SSSR count). The number of carbonyl (C=O) groups is 1. The second kappa shape index (κ2) is 4.19. The molecule has 0 aromatic heterocycles. The van der Waals surface area contributed by atoms with E-state index >= 15 is 0 Å². The number of rotatable bonds is 2. The number of benzene rings is 1. The van der Waals surface area contributed by atoms with Gasteiger partial charge in [-0.1, -0.05) is 36.4 Å². The van der Waals surface area contributed by atoms with E-state index in [1.807, 2.05) is 37.3 Å². The van der Waals surface area contributed by atoms with Crippen molar-refractivity contribution in [2.45, 2.75) is 24.8 Å². The van der Waals surface area contributed by atoms with Crippen LogP contribution < -0.4 is 0 Å². The lowest BCUT2D eigenvalue weighted by molar-refractivity contribution is -0.146. The molecular formula is C14H16ClNO. The van der Waals surface area contributed by atoms with Gasteiger partial charge in [-0.25, -0.2) is 0 Å². The first-order chi connectivity index (χ1) is 7.94. The topological polar surface area (TPSA) is 20.3 Å². The predicted molar refractivity (Wildman–Crippen MR) is 70.9 cm³/mol. The lowest BCUT2D eigenvalue weighted by Gasteiger charge is -2.49. The van der Waals surface area contributed by atoms with Crippen molar-refractivity contribution in [3.05, 3.63) is 41.5 Å². The second-order valence-corrected chi connectivity index (χ2v) is 5.48. The summed E-state index contributed by atoms with van der Waals surface area (Å²) in [5, 5.41) is 0. The lowest BCUT2D eigenvalue weighted by Crippen LogP contribution is -2.68. The number of halogens is 1. The van der Waals surface area contributed by atoms with Gasteiger partial charge in [-0.15, -0.1) is 11.6 Å². The summed E-state index contributed by atoms with van der Waals surface area (Å²) in [6, 6.07) is 10.0. The van der Waals surface area contributed by atoms with Gasteiger partial charge in [-0.3, -0.25) is 4.79 Å². The standard InChI is InChI=1S/C14H16ClNO/c1-10(9-11-7-5-4-6-8-11)12-14(2,15)13(17)16(12)3/h4-9,12H,1-3H3/b10-9+/t12-,14+/m0/s1. The van der Waals surface area contributed by atoms with Gasteiger partial charge < -0.3 is 4.90 Å². The lowest BCUT2D eigenvalue weighted by atomic mass is 9.83. The van der Waals surface area contributed by atoms with Gasteiger partial charge in [0.05, 0.1) is 6.04 Å². The Kier molecular flexibility index (Phi) is 3.00. The summed E-state index contributed by atoms with van der Waals surface area (Å²) >= 11 is 6.24. The van der Waals surface area contributed by atoms with Crippen LogP contribution in [0.15, 0.2) is 35.9 Å². The second-order valence-electron chi connectivity index (χ2n) is 4.69. The molecule has 1 aliphatic heterocycles. The fourth-order valence-electron chi connectivity index (χ4n) is 2.50. The molecule has 2 nitrogen and oxygen atoms in total. The molecule has 90 valence electrons. The Bertz CT molecular complexity index is 464. The van der Waals surface area contributed by atoms with E-state index in [1.54, 1.807) is 18.9 Å². The van der Waals surface area contributed by atoms with Gasteiger partial charge in [0.2, 0.25) is 5.91 Å². The van der Waals surface area contributed by atoms with Crippen LogP contribution in [0.3, 0.4) is 0 Å². The highest BCUT2D eigenvalue weighted by Gasteiger charge is 2.55. The maximum atomic E-state index is 11.6. The van der Waals surface area contributed by atoms with Crippen LogP contribution in [0, 0.1) is 0 Å². The van der Waals surface area contributed by atoms with Crippen molar-refractivity contribution in [2.24, 2.45) is 0 Å². The maximum Gasteiger partial charge on any atom is 0.246 e. The smallest absolute Gasteiger partial charge is 0.246 e. The largest absolute Gasteiger partial charge is 0.335 e. The van der Waals surface area contributed by atoms with E-state index in [-0.39, 0.29) is 11.9 Å². The molecule has 0 spiro atoms. The Balaban J connectivity index is 2.25. The van der Waals surface area contributed by atoms with Crippen LogP contribution >= 0.6 is 11.6 Å². The highest BCUT2D eigenvalue weighted by Crippen LogP contribution is 2.39. The van der Waals surface area contributed by atoms with Crippen molar-refractivity contribution in [3.63, 3.8) is 0 Å². The minimum Gasteiger partial charge on any atom is -0.335 e. The summed E-state index contributed by atoms with van der Waals surface area (Å²) in [5.74, 6) is -0.00928. The molecule has 0 aliphatic carbocycles. The van der Waals surface area contributed by atoms with Crippen LogP contribution in [0.25, 0.3) is 6.08 Å². The molecule has 1 aromatic rings. The van der Waals surface area contributed by atoms with Crippen molar-refractivity contribution in [1.29, 1.82) is 0 Å². The van der Waals surface area contributed by atoms with E-state index in [1.165, 1.54) is 0 Å². The molecule has 0 unspecified atom stereocenters. The van der Waals surface area contributed by atoms with Crippen molar-refractivity contribution >= 4 is 23.6 Å². The van der Waals surface area contributed by atoms with Crippen LogP contribution in [0.2, 0.25) is 0 Å². The number of carbonyl (C=O) groups excluding carboxylic acids is 1. The van der Waals surface area contributed by atoms with Crippen molar-refractivity contribution < 1.29 is 4.79 Å². The molecule has 1 heterocycles. The molecule has 0 radical (unpaired) electrons. The SMILES string of the molecule is C/C(=C\c1ccccc1)[C@@H]1N(C)C(=O)[C@]1(C)Cl. The molecule has 1 amide bonds. The Hall–Kier alpha value is -1.28. The monoisotopic (exact) mass is 249 g/mol. The van der Waals surface area contributed by atoms with Crippen LogP contribution in [0.5, 0.6) is 0 Å². The molecule has 1 saturated heterocycles. The third-order valence-corrected chi connectivity index (χ3v) is 3.63.